The molecule has 41 heavy (non-hydrogen) atoms. The standard InChI is InChI=1S/C37H28N2O2/c38-33-31(21-19-25(35(33)40)23-11-3-1-4-12-23)37(29-17-9-7-15-27(29)28-16-8-10-18-30(28)37)32-22-20-26(36(41)34(32)39)24-13-5-2-6-14-24/h1-22,40-41H,38-39H2. The summed E-state index contributed by atoms with van der Waals surface area (Å²) in [5.41, 5.74) is 21.9. The highest BCUT2D eigenvalue weighted by Crippen LogP contribution is 2.60. The Balaban J connectivity index is 1.58. The SMILES string of the molecule is Nc1c(C2(c3ccc(-c4ccccc4)c(O)c3N)c3ccccc3-c3ccccc32)ccc(-c2ccccc2)c1O. The lowest BCUT2D eigenvalue weighted by Crippen LogP contribution is -2.31. The summed E-state index contributed by atoms with van der Waals surface area (Å²) in [6, 6.07) is 43.6. The second-order valence-electron chi connectivity index (χ2n) is 10.4. The molecular weight excluding hydrogens is 504 g/mol. The van der Waals surface area contributed by atoms with Gasteiger partial charge in [0.25, 0.3) is 0 Å². The van der Waals surface area contributed by atoms with Crippen LogP contribution in [0.25, 0.3) is 33.4 Å². The average Bonchev–Trinajstić information content (AvgIpc) is 3.31. The van der Waals surface area contributed by atoms with Crippen molar-refractivity contribution in [1.29, 1.82) is 0 Å². The van der Waals surface area contributed by atoms with Crippen molar-refractivity contribution in [3.05, 3.63) is 156 Å². The fraction of sp³-hybridized carbons (Fsp3) is 0.0270. The summed E-state index contributed by atoms with van der Waals surface area (Å²) in [4.78, 5) is 0. The second kappa shape index (κ2) is 9.32. The number of benzene rings is 6. The van der Waals surface area contributed by atoms with Crippen LogP contribution in [0.4, 0.5) is 11.4 Å². The van der Waals surface area contributed by atoms with Crippen molar-refractivity contribution in [2.45, 2.75) is 5.41 Å². The molecule has 0 radical (unpaired) electrons. The second-order valence-corrected chi connectivity index (χ2v) is 10.4. The quantitative estimate of drug-likeness (QED) is 0.137. The number of hydrogen-bond donors (Lipinski definition) is 4. The van der Waals surface area contributed by atoms with E-state index in [9.17, 15) is 10.2 Å². The van der Waals surface area contributed by atoms with Crippen molar-refractivity contribution in [1.82, 2.24) is 0 Å². The predicted octanol–water partition coefficient (Wildman–Crippen LogP) is 7.96. The van der Waals surface area contributed by atoms with Gasteiger partial charge in [-0.3, -0.25) is 0 Å². The van der Waals surface area contributed by atoms with Crippen LogP contribution in [0.3, 0.4) is 0 Å². The number of rotatable bonds is 4. The van der Waals surface area contributed by atoms with E-state index in [1.165, 1.54) is 0 Å². The lowest BCUT2D eigenvalue weighted by Gasteiger charge is -2.36. The van der Waals surface area contributed by atoms with Crippen LogP contribution in [0.1, 0.15) is 22.3 Å². The monoisotopic (exact) mass is 532 g/mol. The minimum Gasteiger partial charge on any atom is -0.505 e. The molecule has 0 spiro atoms. The zero-order valence-corrected chi connectivity index (χ0v) is 22.3. The van der Waals surface area contributed by atoms with E-state index in [0.717, 1.165) is 33.4 Å². The van der Waals surface area contributed by atoms with Gasteiger partial charge in [0.2, 0.25) is 0 Å². The van der Waals surface area contributed by atoms with E-state index in [-0.39, 0.29) is 22.9 Å². The smallest absolute Gasteiger partial charge is 0.146 e. The summed E-state index contributed by atoms with van der Waals surface area (Å²) >= 11 is 0. The molecule has 0 saturated heterocycles. The summed E-state index contributed by atoms with van der Waals surface area (Å²) in [5, 5.41) is 23.1. The summed E-state index contributed by atoms with van der Waals surface area (Å²) in [6.07, 6.45) is 0. The highest BCUT2D eigenvalue weighted by molar-refractivity contribution is 5.93. The predicted molar refractivity (Wildman–Crippen MR) is 167 cm³/mol. The number of nitrogen functional groups attached to an aromatic ring is 2. The summed E-state index contributed by atoms with van der Waals surface area (Å²) in [6.45, 7) is 0. The Morgan fingerprint density at radius 1 is 0.366 bits per heavy atom. The Kier molecular flexibility index (Phi) is 5.58. The molecule has 6 aromatic rings. The largest absolute Gasteiger partial charge is 0.505 e. The molecule has 0 aliphatic heterocycles. The van der Waals surface area contributed by atoms with Gasteiger partial charge in [0.15, 0.2) is 0 Å². The van der Waals surface area contributed by atoms with Crippen molar-refractivity contribution in [3.8, 4) is 44.9 Å². The molecule has 7 rings (SSSR count). The van der Waals surface area contributed by atoms with Gasteiger partial charge in [-0.1, -0.05) is 133 Å². The molecule has 198 valence electrons. The molecule has 0 saturated carbocycles. The van der Waals surface area contributed by atoms with Crippen LogP contribution in [0.2, 0.25) is 0 Å². The number of nitrogens with two attached hydrogens (primary N) is 2. The third kappa shape index (κ3) is 3.47. The van der Waals surface area contributed by atoms with Crippen LogP contribution in [0, 0.1) is 0 Å². The Morgan fingerprint density at radius 3 is 1.15 bits per heavy atom. The summed E-state index contributed by atoms with van der Waals surface area (Å²) < 4.78 is 0. The number of fused-ring (bicyclic) bond motifs is 3. The molecule has 4 heteroatoms. The first-order valence-electron chi connectivity index (χ1n) is 13.6. The Morgan fingerprint density at radius 2 is 0.732 bits per heavy atom. The van der Waals surface area contributed by atoms with Gasteiger partial charge in [-0.25, -0.2) is 0 Å². The fourth-order valence-corrected chi connectivity index (χ4v) is 6.53. The van der Waals surface area contributed by atoms with E-state index < -0.39 is 5.41 Å². The third-order valence-corrected chi connectivity index (χ3v) is 8.36. The van der Waals surface area contributed by atoms with Crippen LogP contribution in [0.15, 0.2) is 133 Å². The molecule has 1 aliphatic rings. The lowest BCUT2D eigenvalue weighted by atomic mass is 9.66. The summed E-state index contributed by atoms with van der Waals surface area (Å²) in [5.74, 6) is 0.0253. The molecule has 0 fully saturated rings. The molecular formula is C37H28N2O2. The molecule has 0 aromatic heterocycles. The van der Waals surface area contributed by atoms with Crippen molar-refractivity contribution >= 4 is 11.4 Å². The van der Waals surface area contributed by atoms with E-state index in [1.807, 2.05) is 109 Å². The zero-order chi connectivity index (χ0) is 28.1. The number of anilines is 2. The van der Waals surface area contributed by atoms with E-state index in [2.05, 4.69) is 24.3 Å². The van der Waals surface area contributed by atoms with Crippen LogP contribution >= 0.6 is 0 Å². The van der Waals surface area contributed by atoms with Crippen molar-refractivity contribution in [2.75, 3.05) is 11.5 Å². The van der Waals surface area contributed by atoms with E-state index in [1.54, 1.807) is 0 Å². The van der Waals surface area contributed by atoms with Crippen LogP contribution in [-0.4, -0.2) is 10.2 Å². The van der Waals surface area contributed by atoms with Gasteiger partial charge in [0.05, 0.1) is 16.8 Å². The van der Waals surface area contributed by atoms with E-state index in [4.69, 9.17) is 11.5 Å². The number of aromatic hydroxyl groups is 2. The van der Waals surface area contributed by atoms with Gasteiger partial charge in [-0.2, -0.15) is 0 Å². The summed E-state index contributed by atoms with van der Waals surface area (Å²) in [7, 11) is 0. The highest BCUT2D eigenvalue weighted by Gasteiger charge is 2.49. The fourth-order valence-electron chi connectivity index (χ4n) is 6.53. The number of hydrogen-bond acceptors (Lipinski definition) is 4. The molecule has 0 bridgehead atoms. The molecule has 1 aliphatic carbocycles. The van der Waals surface area contributed by atoms with Crippen LogP contribution in [-0.2, 0) is 5.41 Å². The van der Waals surface area contributed by atoms with Crippen molar-refractivity contribution < 1.29 is 10.2 Å². The Hall–Kier alpha value is -5.48. The van der Waals surface area contributed by atoms with Gasteiger partial charge < -0.3 is 21.7 Å². The van der Waals surface area contributed by atoms with Gasteiger partial charge >= 0.3 is 0 Å². The molecule has 0 atom stereocenters. The first kappa shape index (κ1) is 24.6. The first-order chi connectivity index (χ1) is 20.0. The Labute approximate surface area is 238 Å². The highest BCUT2D eigenvalue weighted by atomic mass is 16.3. The van der Waals surface area contributed by atoms with Gasteiger partial charge in [0.1, 0.15) is 11.5 Å². The van der Waals surface area contributed by atoms with Gasteiger partial charge in [-0.15, -0.1) is 0 Å². The normalized spacial score (nSPS) is 13.0. The zero-order valence-electron chi connectivity index (χ0n) is 22.3. The maximum Gasteiger partial charge on any atom is 0.146 e. The van der Waals surface area contributed by atoms with Crippen LogP contribution in [0.5, 0.6) is 11.5 Å². The lowest BCUT2D eigenvalue weighted by molar-refractivity contribution is 0.477. The van der Waals surface area contributed by atoms with Gasteiger partial charge in [-0.05, 0) is 44.5 Å². The van der Waals surface area contributed by atoms with Crippen LogP contribution < -0.4 is 11.5 Å². The Bertz CT molecular complexity index is 1790. The van der Waals surface area contributed by atoms with Crippen molar-refractivity contribution in [2.24, 2.45) is 0 Å². The maximum atomic E-state index is 11.6. The average molecular weight is 533 g/mol. The van der Waals surface area contributed by atoms with Gasteiger partial charge in [0, 0.05) is 11.1 Å². The minimum absolute atomic E-state index is 0.0126. The number of phenolic OH excluding ortho intramolecular Hbond substituents is 2. The molecule has 6 aromatic carbocycles. The molecule has 0 heterocycles. The van der Waals surface area contributed by atoms with E-state index >= 15 is 0 Å². The number of phenols is 2. The molecule has 6 N–H and O–H groups in total. The van der Waals surface area contributed by atoms with E-state index in [0.29, 0.717) is 22.3 Å². The molecule has 4 nitrogen and oxygen atoms in total. The maximum absolute atomic E-state index is 11.6. The first-order valence-corrected chi connectivity index (χ1v) is 13.6. The van der Waals surface area contributed by atoms with Crippen molar-refractivity contribution in [3.63, 3.8) is 0 Å². The topological polar surface area (TPSA) is 92.5 Å². The minimum atomic E-state index is -0.985. The third-order valence-electron chi connectivity index (χ3n) is 8.36. The molecule has 0 unspecified atom stereocenters. The molecule has 0 amide bonds.